The number of ether oxygens (including phenoxy) is 3. The van der Waals surface area contributed by atoms with Crippen molar-refractivity contribution in [2.75, 3.05) is 31.4 Å². The molecule has 2 heterocycles. The van der Waals surface area contributed by atoms with Crippen molar-refractivity contribution in [1.29, 1.82) is 5.26 Å². The van der Waals surface area contributed by atoms with Crippen LogP contribution in [0.25, 0.3) is 0 Å². The number of fused-ring (bicyclic) bond motifs is 2. The third-order valence-electron chi connectivity index (χ3n) is 6.14. The summed E-state index contributed by atoms with van der Waals surface area (Å²) < 4.78 is 16.7. The largest absolute Gasteiger partial charge is 0.490 e. The third-order valence-corrected chi connectivity index (χ3v) is 6.14. The number of hydrogen-bond donors (Lipinski definition) is 2. The smallest absolute Gasteiger partial charge is 0.323 e. The van der Waals surface area contributed by atoms with Gasteiger partial charge in [0.25, 0.3) is 5.91 Å². The van der Waals surface area contributed by atoms with Gasteiger partial charge in [0.1, 0.15) is 18.5 Å². The molecule has 35 heavy (non-hydrogen) atoms. The number of hydrogen-bond acceptors (Lipinski definition) is 7. The summed E-state index contributed by atoms with van der Waals surface area (Å²) in [6.07, 6.45) is 0.776. The zero-order chi connectivity index (χ0) is 24.9. The van der Waals surface area contributed by atoms with Gasteiger partial charge in [0.2, 0.25) is 0 Å². The van der Waals surface area contributed by atoms with Gasteiger partial charge in [-0.15, -0.1) is 0 Å². The highest BCUT2D eigenvalue weighted by atomic mass is 16.5. The Balaban J connectivity index is 1.47. The molecule has 3 atom stereocenters. The Morgan fingerprint density at radius 1 is 1.17 bits per heavy atom. The van der Waals surface area contributed by atoms with E-state index in [1.165, 1.54) is 7.11 Å². The number of urea groups is 1. The fraction of sp³-hybridized carbons (Fsp3) is 0.360. The lowest BCUT2D eigenvalue weighted by Gasteiger charge is -2.42. The van der Waals surface area contributed by atoms with Crippen molar-refractivity contribution >= 4 is 29.3 Å². The number of rotatable bonds is 4. The molecule has 0 saturated carbocycles. The highest BCUT2D eigenvalue weighted by Gasteiger charge is 2.39. The normalized spacial score (nSPS) is 21.2. The number of carbonyl (C=O) groups excluding carboxylic acids is 3. The van der Waals surface area contributed by atoms with Crippen molar-refractivity contribution in [3.8, 4) is 11.8 Å². The van der Waals surface area contributed by atoms with Crippen molar-refractivity contribution in [3.63, 3.8) is 0 Å². The molecule has 0 bridgehead atoms. The van der Waals surface area contributed by atoms with Crippen LogP contribution in [-0.2, 0) is 14.3 Å². The summed E-state index contributed by atoms with van der Waals surface area (Å²) in [5.74, 6) is -0.209. The SMILES string of the molecule is COC(=O)C[C@@H]1CC[C@@H]2[C@H](COc3ccc(NC(=O)Nc4cccc(C#N)c4)cc3C(=O)N2C)O1. The summed E-state index contributed by atoms with van der Waals surface area (Å²) in [7, 11) is 3.06. The van der Waals surface area contributed by atoms with Gasteiger partial charge >= 0.3 is 12.0 Å². The highest BCUT2D eigenvalue weighted by molar-refractivity contribution is 6.02. The molecule has 0 spiro atoms. The van der Waals surface area contributed by atoms with Crippen molar-refractivity contribution < 1.29 is 28.6 Å². The minimum absolute atomic E-state index is 0.159. The van der Waals surface area contributed by atoms with E-state index < -0.39 is 6.03 Å². The Morgan fingerprint density at radius 2 is 1.94 bits per heavy atom. The van der Waals surface area contributed by atoms with E-state index in [2.05, 4.69) is 10.6 Å². The Hall–Kier alpha value is -4.10. The predicted octanol–water partition coefficient (Wildman–Crippen LogP) is 3.15. The van der Waals surface area contributed by atoms with E-state index in [-0.39, 0.29) is 43.2 Å². The fourth-order valence-corrected chi connectivity index (χ4v) is 4.33. The lowest BCUT2D eigenvalue weighted by atomic mass is 9.94. The van der Waals surface area contributed by atoms with Gasteiger partial charge in [-0.1, -0.05) is 6.07 Å². The Morgan fingerprint density at radius 3 is 2.69 bits per heavy atom. The first-order chi connectivity index (χ1) is 16.9. The molecule has 2 N–H and O–H groups in total. The van der Waals surface area contributed by atoms with Crippen molar-refractivity contribution in [2.24, 2.45) is 0 Å². The molecule has 4 rings (SSSR count). The fourth-order valence-electron chi connectivity index (χ4n) is 4.33. The molecular formula is C25H26N4O6. The maximum Gasteiger partial charge on any atom is 0.323 e. The second-order valence-electron chi connectivity index (χ2n) is 8.43. The second-order valence-corrected chi connectivity index (χ2v) is 8.43. The van der Waals surface area contributed by atoms with Gasteiger partial charge in [-0.25, -0.2) is 4.79 Å². The first kappa shape index (κ1) is 24.0. The first-order valence-electron chi connectivity index (χ1n) is 11.2. The summed E-state index contributed by atoms with van der Waals surface area (Å²) >= 11 is 0. The molecule has 2 aliphatic heterocycles. The van der Waals surface area contributed by atoms with E-state index in [1.807, 2.05) is 6.07 Å². The van der Waals surface area contributed by atoms with E-state index in [0.29, 0.717) is 41.1 Å². The summed E-state index contributed by atoms with van der Waals surface area (Å²) in [6.45, 7) is 0.218. The van der Waals surface area contributed by atoms with Crippen LogP contribution in [0.1, 0.15) is 35.2 Å². The molecule has 0 radical (unpaired) electrons. The summed E-state index contributed by atoms with van der Waals surface area (Å²) in [5.41, 5.74) is 1.64. The monoisotopic (exact) mass is 478 g/mol. The molecule has 10 nitrogen and oxygen atoms in total. The molecule has 1 fully saturated rings. The van der Waals surface area contributed by atoms with Crippen LogP contribution in [0.5, 0.6) is 5.75 Å². The third kappa shape index (κ3) is 5.53. The van der Waals surface area contributed by atoms with Crippen LogP contribution in [-0.4, -0.2) is 61.8 Å². The minimum Gasteiger partial charge on any atom is -0.490 e. The van der Waals surface area contributed by atoms with Gasteiger partial charge in [0.15, 0.2) is 0 Å². The molecule has 0 aliphatic carbocycles. The molecule has 3 amide bonds. The summed E-state index contributed by atoms with van der Waals surface area (Å²) in [6, 6.07) is 12.7. The van der Waals surface area contributed by atoms with Crippen LogP contribution < -0.4 is 15.4 Å². The van der Waals surface area contributed by atoms with Gasteiger partial charge in [0.05, 0.1) is 42.9 Å². The zero-order valence-electron chi connectivity index (χ0n) is 19.4. The number of nitrogens with zero attached hydrogens (tertiary/aromatic N) is 2. The van der Waals surface area contributed by atoms with Crippen molar-refractivity contribution in [2.45, 2.75) is 37.5 Å². The molecule has 1 saturated heterocycles. The molecule has 10 heteroatoms. The quantitative estimate of drug-likeness (QED) is 0.646. The summed E-state index contributed by atoms with van der Waals surface area (Å²) in [5, 5.41) is 14.4. The maximum atomic E-state index is 13.3. The van der Waals surface area contributed by atoms with Crippen molar-refractivity contribution in [1.82, 2.24) is 4.90 Å². The van der Waals surface area contributed by atoms with Gasteiger partial charge in [-0.2, -0.15) is 5.26 Å². The Labute approximate surface area is 202 Å². The van der Waals surface area contributed by atoms with Crippen LogP contribution in [0.4, 0.5) is 16.2 Å². The molecular weight excluding hydrogens is 452 g/mol. The first-order valence-corrected chi connectivity index (χ1v) is 11.2. The predicted molar refractivity (Wildman–Crippen MR) is 126 cm³/mol. The van der Waals surface area contributed by atoms with Crippen LogP contribution in [0.3, 0.4) is 0 Å². The lowest BCUT2D eigenvalue weighted by molar-refractivity contribution is -0.151. The average molecular weight is 479 g/mol. The number of benzene rings is 2. The second kappa shape index (κ2) is 10.4. The van der Waals surface area contributed by atoms with E-state index in [9.17, 15) is 14.4 Å². The van der Waals surface area contributed by atoms with Gasteiger partial charge in [-0.3, -0.25) is 9.59 Å². The van der Waals surface area contributed by atoms with Gasteiger partial charge < -0.3 is 29.7 Å². The van der Waals surface area contributed by atoms with Gasteiger partial charge in [-0.05, 0) is 49.2 Å². The van der Waals surface area contributed by atoms with E-state index in [1.54, 1.807) is 54.4 Å². The molecule has 2 aromatic rings. The van der Waals surface area contributed by atoms with Crippen LogP contribution in [0.15, 0.2) is 42.5 Å². The number of amides is 3. The summed E-state index contributed by atoms with van der Waals surface area (Å²) in [4.78, 5) is 39.0. The van der Waals surface area contributed by atoms with E-state index >= 15 is 0 Å². The highest BCUT2D eigenvalue weighted by Crippen LogP contribution is 2.32. The zero-order valence-corrected chi connectivity index (χ0v) is 19.4. The molecule has 182 valence electrons. The molecule has 0 unspecified atom stereocenters. The standard InChI is InChI=1S/C25H26N4O6/c1-29-20-8-7-18(12-23(30)33-2)35-22(20)14-34-21-9-6-17(11-19(21)24(29)31)28-25(32)27-16-5-3-4-15(10-16)13-26/h3-6,9-11,18,20,22H,7-8,12,14H2,1-2H3,(H2,27,28,32)/t18-,20+,22-/m0/s1. The van der Waals surface area contributed by atoms with E-state index in [4.69, 9.17) is 19.5 Å². The van der Waals surface area contributed by atoms with Crippen LogP contribution in [0, 0.1) is 11.3 Å². The minimum atomic E-state index is -0.509. The number of likely N-dealkylation sites (N-methyl/N-ethyl adjacent to an activating group) is 1. The molecule has 2 aromatic carbocycles. The van der Waals surface area contributed by atoms with E-state index in [0.717, 1.165) is 0 Å². The molecule has 0 aromatic heterocycles. The number of anilines is 2. The maximum absolute atomic E-state index is 13.3. The Bertz CT molecular complexity index is 1180. The number of methoxy groups -OCH3 is 1. The molecule has 2 aliphatic rings. The van der Waals surface area contributed by atoms with Crippen molar-refractivity contribution in [3.05, 3.63) is 53.6 Å². The topological polar surface area (TPSA) is 130 Å². The average Bonchev–Trinajstić information content (AvgIpc) is 2.86. The van der Waals surface area contributed by atoms with Crippen LogP contribution in [0.2, 0.25) is 0 Å². The van der Waals surface area contributed by atoms with Gasteiger partial charge in [0, 0.05) is 18.4 Å². The number of carbonyl (C=O) groups is 3. The Kier molecular flexibility index (Phi) is 7.17. The number of esters is 1. The number of nitrogens with one attached hydrogen (secondary N) is 2. The lowest BCUT2D eigenvalue weighted by Crippen LogP contribution is -2.53. The van der Waals surface area contributed by atoms with Crippen LogP contribution >= 0.6 is 0 Å². The number of nitriles is 1.